The van der Waals surface area contributed by atoms with Crippen molar-refractivity contribution in [3.8, 4) is 0 Å². The molecule has 0 spiro atoms. The van der Waals surface area contributed by atoms with E-state index < -0.39 is 10.1 Å². The molecular weight excluding hydrogens is 227 g/mol. The van der Waals surface area contributed by atoms with Crippen LogP contribution in [-0.2, 0) is 9.47 Å². The van der Waals surface area contributed by atoms with Crippen molar-refractivity contribution in [2.24, 2.45) is 0 Å². The summed E-state index contributed by atoms with van der Waals surface area (Å²) in [5.41, 5.74) is 0. The highest BCUT2D eigenvalue weighted by Crippen LogP contribution is 1.92. The molecule has 0 fully saturated rings. The minimum atomic E-state index is -0.982. The zero-order valence-electron chi connectivity index (χ0n) is 4.01. The van der Waals surface area contributed by atoms with Gasteiger partial charge in [0.15, 0.2) is 0 Å². The SMILES string of the molecule is COC(=O)OC(=O)I. The summed E-state index contributed by atoms with van der Waals surface area (Å²) < 4.78 is 7.16. The Balaban J connectivity index is 3.40. The predicted octanol–water partition coefficient (Wildman–Crippen LogP) is 1.32. The van der Waals surface area contributed by atoms with Crippen molar-refractivity contribution in [1.29, 1.82) is 0 Å². The summed E-state index contributed by atoms with van der Waals surface area (Å²) in [6.45, 7) is 0. The van der Waals surface area contributed by atoms with Crippen LogP contribution in [0.4, 0.5) is 9.59 Å². The second-order valence-electron chi connectivity index (χ2n) is 0.794. The van der Waals surface area contributed by atoms with Crippen molar-refractivity contribution in [3.63, 3.8) is 0 Å². The second kappa shape index (κ2) is 3.65. The van der Waals surface area contributed by atoms with Crippen LogP contribution in [0.15, 0.2) is 0 Å². The fourth-order valence-electron chi connectivity index (χ4n) is 0.107. The minimum absolute atomic E-state index is 0.700. The molecule has 0 aromatic heterocycles. The summed E-state index contributed by atoms with van der Waals surface area (Å²) >= 11 is 1.32. The third kappa shape index (κ3) is 3.85. The number of halogens is 1. The van der Waals surface area contributed by atoms with Crippen molar-refractivity contribution < 1.29 is 19.1 Å². The molecule has 0 saturated carbocycles. The average Bonchev–Trinajstić information content (AvgIpc) is 1.65. The van der Waals surface area contributed by atoms with E-state index in [1.807, 2.05) is 0 Å². The van der Waals surface area contributed by atoms with Crippen molar-refractivity contribution in [3.05, 3.63) is 0 Å². The van der Waals surface area contributed by atoms with E-state index in [-0.39, 0.29) is 0 Å². The van der Waals surface area contributed by atoms with Gasteiger partial charge in [0.25, 0.3) is 0 Å². The highest BCUT2D eigenvalue weighted by molar-refractivity contribution is 14.1. The maximum Gasteiger partial charge on any atom is 0.516 e. The molecule has 0 radical (unpaired) electrons. The molecule has 4 nitrogen and oxygen atoms in total. The molecule has 8 heavy (non-hydrogen) atoms. The van der Waals surface area contributed by atoms with Crippen LogP contribution < -0.4 is 0 Å². The van der Waals surface area contributed by atoms with Gasteiger partial charge in [-0.05, 0) is 0 Å². The molecule has 0 heterocycles. The number of ether oxygens (including phenoxy) is 2. The van der Waals surface area contributed by atoms with Gasteiger partial charge < -0.3 is 9.47 Å². The second-order valence-corrected chi connectivity index (χ2v) is 1.67. The maximum absolute atomic E-state index is 9.95. The van der Waals surface area contributed by atoms with Crippen LogP contribution in [0.3, 0.4) is 0 Å². The number of carbonyl (C=O) groups excluding carboxylic acids is 2. The molecule has 0 N–H and O–H groups in total. The zero-order valence-corrected chi connectivity index (χ0v) is 6.17. The lowest BCUT2D eigenvalue weighted by atomic mass is 11.3. The van der Waals surface area contributed by atoms with Crippen molar-refractivity contribution in [2.45, 2.75) is 0 Å². The molecule has 0 aromatic carbocycles. The number of hydrogen-bond donors (Lipinski definition) is 0. The molecule has 0 aliphatic rings. The van der Waals surface area contributed by atoms with Crippen molar-refractivity contribution >= 4 is 32.7 Å². The van der Waals surface area contributed by atoms with Gasteiger partial charge in [0.05, 0.1) is 29.7 Å². The first-order valence-corrected chi connectivity index (χ1v) is 2.70. The number of rotatable bonds is 0. The summed E-state index contributed by atoms with van der Waals surface area (Å²) in [7, 11) is 1.13. The molecule has 0 saturated heterocycles. The molecular formula is C3H3IO4. The smallest absolute Gasteiger partial charge is 0.437 e. The lowest BCUT2D eigenvalue weighted by molar-refractivity contribution is 0.103. The number of carbonyl (C=O) groups is 2. The molecule has 0 bridgehead atoms. The molecule has 0 aromatic rings. The third-order valence-corrected chi connectivity index (χ3v) is 0.550. The monoisotopic (exact) mass is 230 g/mol. The first-order chi connectivity index (χ1) is 3.66. The van der Waals surface area contributed by atoms with Crippen LogP contribution in [0.25, 0.3) is 0 Å². The Hall–Kier alpha value is -0.330. The van der Waals surface area contributed by atoms with Gasteiger partial charge >= 0.3 is 10.1 Å². The van der Waals surface area contributed by atoms with E-state index in [2.05, 4.69) is 9.47 Å². The Bertz CT molecular complexity index is 110. The molecule has 0 atom stereocenters. The van der Waals surface area contributed by atoms with Gasteiger partial charge in [0.1, 0.15) is 0 Å². The molecule has 0 unspecified atom stereocenters. The molecule has 0 amide bonds. The Morgan fingerprint density at radius 3 is 2.12 bits per heavy atom. The third-order valence-electron chi connectivity index (χ3n) is 0.330. The average molecular weight is 230 g/mol. The topological polar surface area (TPSA) is 52.6 Å². The van der Waals surface area contributed by atoms with E-state index in [4.69, 9.17) is 0 Å². The number of methoxy groups -OCH3 is 1. The first-order valence-electron chi connectivity index (χ1n) is 1.62. The Labute approximate surface area is 59.3 Å². The zero-order chi connectivity index (χ0) is 6.57. The maximum atomic E-state index is 9.95. The van der Waals surface area contributed by atoms with Gasteiger partial charge in [-0.3, -0.25) is 0 Å². The predicted molar refractivity (Wildman–Crippen MR) is 32.9 cm³/mol. The summed E-state index contributed by atoms with van der Waals surface area (Å²) in [5.74, 6) is 0. The van der Waals surface area contributed by atoms with E-state index in [1.54, 1.807) is 0 Å². The van der Waals surface area contributed by atoms with Crippen LogP contribution in [0.5, 0.6) is 0 Å². The summed E-state index contributed by atoms with van der Waals surface area (Å²) in [6.07, 6.45) is -0.982. The van der Waals surface area contributed by atoms with Crippen LogP contribution in [-0.4, -0.2) is 17.2 Å². The fraction of sp³-hybridized carbons (Fsp3) is 0.333. The van der Waals surface area contributed by atoms with Crippen LogP contribution in [0.1, 0.15) is 0 Å². The van der Waals surface area contributed by atoms with Gasteiger partial charge in [0, 0.05) is 0 Å². The van der Waals surface area contributed by atoms with E-state index in [0.717, 1.165) is 7.11 Å². The lowest BCUT2D eigenvalue weighted by Gasteiger charge is -1.92. The number of hydrogen-bond acceptors (Lipinski definition) is 4. The quantitative estimate of drug-likeness (QED) is 0.272. The van der Waals surface area contributed by atoms with Gasteiger partial charge in [-0.1, -0.05) is 0 Å². The van der Waals surface area contributed by atoms with Crippen LogP contribution >= 0.6 is 22.6 Å². The molecule has 0 rings (SSSR count). The van der Waals surface area contributed by atoms with Gasteiger partial charge in [-0.15, -0.1) is 0 Å². The Morgan fingerprint density at radius 1 is 1.50 bits per heavy atom. The normalized spacial score (nSPS) is 7.75. The van der Waals surface area contributed by atoms with E-state index >= 15 is 0 Å². The van der Waals surface area contributed by atoms with Gasteiger partial charge in [-0.25, -0.2) is 9.59 Å². The van der Waals surface area contributed by atoms with E-state index in [9.17, 15) is 9.59 Å². The standard InChI is InChI=1S/C3H3IO4/c1-7-3(6)8-2(4)5/h1H3. The minimum Gasteiger partial charge on any atom is -0.437 e. The lowest BCUT2D eigenvalue weighted by Crippen LogP contribution is -2.04. The molecule has 0 aliphatic carbocycles. The largest absolute Gasteiger partial charge is 0.516 e. The van der Waals surface area contributed by atoms with Gasteiger partial charge in [0.2, 0.25) is 0 Å². The first kappa shape index (κ1) is 7.67. The molecule has 46 valence electrons. The highest BCUT2D eigenvalue weighted by Gasteiger charge is 2.03. The summed E-state index contributed by atoms with van der Waals surface area (Å²) in [5, 5.41) is 0. The van der Waals surface area contributed by atoms with Crippen LogP contribution in [0, 0.1) is 0 Å². The Morgan fingerprint density at radius 2 is 2.00 bits per heavy atom. The van der Waals surface area contributed by atoms with E-state index in [1.165, 1.54) is 22.6 Å². The Kier molecular flexibility index (Phi) is 3.49. The van der Waals surface area contributed by atoms with E-state index in [0.29, 0.717) is 0 Å². The fourth-order valence-corrected chi connectivity index (χ4v) is 0.287. The summed E-state index contributed by atoms with van der Waals surface area (Å²) in [4.78, 5) is 19.8. The molecule has 5 heteroatoms. The van der Waals surface area contributed by atoms with Crippen molar-refractivity contribution in [1.82, 2.24) is 0 Å². The summed E-state index contributed by atoms with van der Waals surface area (Å²) in [6, 6.07) is 0. The van der Waals surface area contributed by atoms with Gasteiger partial charge in [-0.2, -0.15) is 0 Å². The molecule has 0 aliphatic heterocycles. The van der Waals surface area contributed by atoms with Crippen molar-refractivity contribution in [2.75, 3.05) is 7.11 Å². The van der Waals surface area contributed by atoms with Crippen LogP contribution in [0.2, 0.25) is 0 Å². The highest BCUT2D eigenvalue weighted by atomic mass is 127.